The number of para-hydroxylation sites is 1. The maximum absolute atomic E-state index is 12.1. The molecule has 0 atom stereocenters. The number of pyridine rings is 2. The molecule has 0 bridgehead atoms. The average molecular weight is 334 g/mol. The van der Waals surface area contributed by atoms with E-state index in [1.807, 2.05) is 30.3 Å². The molecule has 2 aromatic heterocycles. The molecule has 3 aromatic rings. The molecule has 0 radical (unpaired) electrons. The number of fused-ring (bicyclic) bond motifs is 1. The van der Waals surface area contributed by atoms with Gasteiger partial charge in [0.05, 0.1) is 11.1 Å². The van der Waals surface area contributed by atoms with E-state index in [-0.39, 0.29) is 11.8 Å². The van der Waals surface area contributed by atoms with Crippen molar-refractivity contribution in [2.75, 3.05) is 13.1 Å². The molecule has 25 heavy (non-hydrogen) atoms. The van der Waals surface area contributed by atoms with Gasteiger partial charge in [-0.2, -0.15) is 0 Å². The molecule has 2 heterocycles. The number of hydrogen-bond acceptors (Lipinski definition) is 4. The van der Waals surface area contributed by atoms with Gasteiger partial charge in [0.25, 0.3) is 11.8 Å². The van der Waals surface area contributed by atoms with Crippen LogP contribution in [0.25, 0.3) is 10.9 Å². The van der Waals surface area contributed by atoms with Crippen molar-refractivity contribution >= 4 is 22.7 Å². The van der Waals surface area contributed by atoms with E-state index in [2.05, 4.69) is 20.6 Å². The highest BCUT2D eigenvalue weighted by Gasteiger charge is 2.08. The van der Waals surface area contributed by atoms with Crippen LogP contribution in [-0.4, -0.2) is 34.9 Å². The maximum atomic E-state index is 12.1. The number of nitrogens with one attached hydrogen (secondary N) is 2. The minimum atomic E-state index is -0.218. The van der Waals surface area contributed by atoms with E-state index in [9.17, 15) is 9.59 Å². The number of aromatic nitrogens is 2. The van der Waals surface area contributed by atoms with Gasteiger partial charge in [-0.25, -0.2) is 4.98 Å². The fourth-order valence-corrected chi connectivity index (χ4v) is 2.37. The summed E-state index contributed by atoms with van der Waals surface area (Å²) in [4.78, 5) is 32.2. The Morgan fingerprint density at radius 3 is 2.48 bits per heavy atom. The molecule has 6 heteroatoms. The Labute approximate surface area is 145 Å². The van der Waals surface area contributed by atoms with Crippen LogP contribution in [-0.2, 0) is 0 Å². The second-order valence-electron chi connectivity index (χ2n) is 5.50. The lowest BCUT2D eigenvalue weighted by Gasteiger charge is -2.07. The van der Waals surface area contributed by atoms with Crippen molar-refractivity contribution in [3.05, 3.63) is 72.2 Å². The molecule has 126 valence electrons. The summed E-state index contributed by atoms with van der Waals surface area (Å²) in [5.41, 5.74) is 1.70. The summed E-state index contributed by atoms with van der Waals surface area (Å²) >= 11 is 0. The van der Waals surface area contributed by atoms with Crippen molar-refractivity contribution in [3.8, 4) is 0 Å². The van der Waals surface area contributed by atoms with E-state index < -0.39 is 0 Å². The number of carbonyl (C=O) groups excluding carboxylic acids is 2. The molecule has 0 aliphatic rings. The fraction of sp³-hybridized carbons (Fsp3) is 0.158. The Kier molecular flexibility index (Phi) is 5.31. The van der Waals surface area contributed by atoms with E-state index >= 15 is 0 Å². The highest BCUT2D eigenvalue weighted by Crippen LogP contribution is 2.11. The molecule has 2 N–H and O–H groups in total. The Morgan fingerprint density at radius 2 is 1.68 bits per heavy atom. The van der Waals surface area contributed by atoms with Crippen molar-refractivity contribution in [2.24, 2.45) is 0 Å². The summed E-state index contributed by atoms with van der Waals surface area (Å²) in [5.74, 6) is -0.389. The van der Waals surface area contributed by atoms with Crippen molar-refractivity contribution in [1.82, 2.24) is 20.6 Å². The Morgan fingerprint density at radius 1 is 0.880 bits per heavy atom. The smallest absolute Gasteiger partial charge is 0.269 e. The lowest BCUT2D eigenvalue weighted by Crippen LogP contribution is -2.30. The number of amides is 2. The molecular formula is C19H18N4O2. The summed E-state index contributed by atoms with van der Waals surface area (Å²) in [6.07, 6.45) is 3.76. The van der Waals surface area contributed by atoms with Crippen LogP contribution < -0.4 is 10.6 Å². The minimum absolute atomic E-state index is 0.171. The lowest BCUT2D eigenvalue weighted by molar-refractivity contribution is 0.0948. The van der Waals surface area contributed by atoms with Gasteiger partial charge >= 0.3 is 0 Å². The molecule has 0 unspecified atom stereocenters. The fourth-order valence-electron chi connectivity index (χ4n) is 2.37. The molecule has 6 nitrogen and oxygen atoms in total. The van der Waals surface area contributed by atoms with Gasteiger partial charge in [-0.1, -0.05) is 24.3 Å². The van der Waals surface area contributed by atoms with Gasteiger partial charge in [0.1, 0.15) is 5.69 Å². The monoisotopic (exact) mass is 334 g/mol. The van der Waals surface area contributed by atoms with Crippen LogP contribution in [0.15, 0.2) is 60.9 Å². The maximum Gasteiger partial charge on any atom is 0.269 e. The molecule has 3 rings (SSSR count). The third-order valence-corrected chi connectivity index (χ3v) is 3.68. The number of benzene rings is 1. The van der Waals surface area contributed by atoms with Crippen molar-refractivity contribution in [1.29, 1.82) is 0 Å². The first-order valence-electron chi connectivity index (χ1n) is 8.06. The van der Waals surface area contributed by atoms with E-state index in [0.29, 0.717) is 30.8 Å². The lowest BCUT2D eigenvalue weighted by atomic mass is 10.2. The number of hydrogen-bond donors (Lipinski definition) is 2. The van der Waals surface area contributed by atoms with Gasteiger partial charge in [-0.15, -0.1) is 0 Å². The second kappa shape index (κ2) is 8.01. The Hall–Kier alpha value is -3.28. The minimum Gasteiger partial charge on any atom is -0.352 e. The number of nitrogens with zero attached hydrogens (tertiary/aromatic N) is 2. The van der Waals surface area contributed by atoms with Crippen LogP contribution >= 0.6 is 0 Å². The third-order valence-electron chi connectivity index (χ3n) is 3.68. The highest BCUT2D eigenvalue weighted by molar-refractivity contribution is 5.95. The zero-order chi connectivity index (χ0) is 17.5. The predicted octanol–water partition coefficient (Wildman–Crippen LogP) is 2.18. The molecule has 1 aromatic carbocycles. The van der Waals surface area contributed by atoms with E-state index in [4.69, 9.17) is 0 Å². The topological polar surface area (TPSA) is 84.0 Å². The standard InChI is InChI=1S/C19H18N4O2/c24-18(15-6-3-10-20-13-15)21-11-4-12-22-19(25)17-9-8-14-5-1-2-7-16(14)23-17/h1-3,5-10,13H,4,11-12H2,(H,21,24)(H,22,25). The molecule has 0 spiro atoms. The molecular weight excluding hydrogens is 316 g/mol. The normalized spacial score (nSPS) is 10.4. The third kappa shape index (κ3) is 4.38. The summed E-state index contributed by atoms with van der Waals surface area (Å²) in [7, 11) is 0. The second-order valence-corrected chi connectivity index (χ2v) is 5.50. The SMILES string of the molecule is O=C(NCCCNC(=O)c1ccc2ccccc2n1)c1cccnc1. The molecule has 0 aliphatic heterocycles. The van der Waals surface area contributed by atoms with Crippen molar-refractivity contribution < 1.29 is 9.59 Å². The van der Waals surface area contributed by atoms with Crippen LogP contribution in [0.4, 0.5) is 0 Å². The highest BCUT2D eigenvalue weighted by atomic mass is 16.2. The number of carbonyl (C=O) groups is 2. The van der Waals surface area contributed by atoms with Crippen LogP contribution in [0.1, 0.15) is 27.3 Å². The van der Waals surface area contributed by atoms with Gasteiger partial charge in [0.15, 0.2) is 0 Å². The molecule has 0 saturated carbocycles. The summed E-state index contributed by atoms with van der Waals surface area (Å²) in [6, 6.07) is 14.7. The predicted molar refractivity (Wildman–Crippen MR) is 95.3 cm³/mol. The molecule has 0 fully saturated rings. The zero-order valence-electron chi connectivity index (χ0n) is 13.6. The first-order valence-corrected chi connectivity index (χ1v) is 8.06. The van der Waals surface area contributed by atoms with Gasteiger partial charge in [0, 0.05) is 30.9 Å². The first kappa shape index (κ1) is 16.6. The van der Waals surface area contributed by atoms with E-state index in [1.54, 1.807) is 24.4 Å². The Bertz CT molecular complexity index is 881. The molecule has 2 amide bonds. The number of rotatable bonds is 6. The Balaban J connectivity index is 1.44. The zero-order valence-corrected chi connectivity index (χ0v) is 13.6. The van der Waals surface area contributed by atoms with Crippen molar-refractivity contribution in [3.63, 3.8) is 0 Å². The van der Waals surface area contributed by atoms with Crippen LogP contribution in [0.2, 0.25) is 0 Å². The van der Waals surface area contributed by atoms with Gasteiger partial charge in [-0.05, 0) is 30.7 Å². The van der Waals surface area contributed by atoms with Crippen LogP contribution in [0, 0.1) is 0 Å². The first-order chi connectivity index (χ1) is 12.2. The van der Waals surface area contributed by atoms with Crippen LogP contribution in [0.5, 0.6) is 0 Å². The quantitative estimate of drug-likeness (QED) is 0.677. The largest absolute Gasteiger partial charge is 0.352 e. The molecule has 0 saturated heterocycles. The van der Waals surface area contributed by atoms with E-state index in [1.165, 1.54) is 6.20 Å². The summed E-state index contributed by atoms with van der Waals surface area (Å²) < 4.78 is 0. The van der Waals surface area contributed by atoms with Gasteiger partial charge in [-0.3, -0.25) is 14.6 Å². The van der Waals surface area contributed by atoms with Gasteiger partial charge in [0.2, 0.25) is 0 Å². The van der Waals surface area contributed by atoms with Crippen LogP contribution in [0.3, 0.4) is 0 Å². The van der Waals surface area contributed by atoms with Crippen molar-refractivity contribution in [2.45, 2.75) is 6.42 Å². The average Bonchev–Trinajstić information content (AvgIpc) is 2.67. The summed E-state index contributed by atoms with van der Waals surface area (Å²) in [5, 5.41) is 6.60. The van der Waals surface area contributed by atoms with Gasteiger partial charge < -0.3 is 10.6 Å². The summed E-state index contributed by atoms with van der Waals surface area (Å²) in [6.45, 7) is 0.930. The van der Waals surface area contributed by atoms with E-state index in [0.717, 1.165) is 10.9 Å². The molecule has 0 aliphatic carbocycles.